The van der Waals surface area contributed by atoms with Gasteiger partial charge in [-0.3, -0.25) is 4.79 Å². The quantitative estimate of drug-likeness (QED) is 0.525. The number of nitrogens with one attached hydrogen (secondary N) is 2. The van der Waals surface area contributed by atoms with Crippen LogP contribution in [0.15, 0.2) is 79.1 Å². The Bertz CT molecular complexity index is 1090. The van der Waals surface area contributed by atoms with E-state index < -0.39 is 0 Å². The van der Waals surface area contributed by atoms with Gasteiger partial charge in [-0.05, 0) is 48.4 Å². The summed E-state index contributed by atoms with van der Waals surface area (Å²) in [6.07, 6.45) is 1.67. The molecule has 0 fully saturated rings. The summed E-state index contributed by atoms with van der Waals surface area (Å²) in [4.78, 5) is 20.4. The summed E-state index contributed by atoms with van der Waals surface area (Å²) in [7, 11) is 0. The average molecular weight is 371 g/mol. The molecule has 2 N–H and O–H groups in total. The van der Waals surface area contributed by atoms with Gasteiger partial charge in [0.25, 0.3) is 5.91 Å². The summed E-state index contributed by atoms with van der Waals surface area (Å²) in [5.74, 6) is 0.533. The van der Waals surface area contributed by atoms with Gasteiger partial charge in [-0.1, -0.05) is 42.5 Å². The third-order valence-corrected chi connectivity index (χ3v) is 4.59. The second kappa shape index (κ2) is 7.96. The van der Waals surface area contributed by atoms with Crippen LogP contribution in [0, 0.1) is 0 Å². The van der Waals surface area contributed by atoms with Crippen molar-refractivity contribution < 1.29 is 9.53 Å². The molecule has 0 radical (unpaired) electrons. The molecule has 1 heterocycles. The van der Waals surface area contributed by atoms with Gasteiger partial charge in [0.1, 0.15) is 5.75 Å². The zero-order valence-electron chi connectivity index (χ0n) is 15.6. The van der Waals surface area contributed by atoms with E-state index in [0.29, 0.717) is 17.9 Å². The van der Waals surface area contributed by atoms with Crippen LogP contribution in [0.5, 0.6) is 5.75 Å². The Morgan fingerprint density at radius 3 is 2.71 bits per heavy atom. The molecule has 140 valence electrons. The van der Waals surface area contributed by atoms with E-state index in [1.165, 1.54) is 0 Å². The fourth-order valence-electron chi connectivity index (χ4n) is 3.25. The maximum Gasteiger partial charge on any atom is 0.252 e. The molecule has 0 bridgehead atoms. The minimum atomic E-state index is -0.280. The minimum Gasteiger partial charge on any atom is -0.494 e. The van der Waals surface area contributed by atoms with Crippen molar-refractivity contribution in [2.45, 2.75) is 13.0 Å². The van der Waals surface area contributed by atoms with Gasteiger partial charge in [0.05, 0.1) is 30.0 Å². The molecule has 0 aliphatic heterocycles. The molecular weight excluding hydrogens is 350 g/mol. The largest absolute Gasteiger partial charge is 0.494 e. The van der Waals surface area contributed by atoms with Crippen molar-refractivity contribution in [2.75, 3.05) is 6.61 Å². The number of ether oxygens (including phenoxy) is 1. The fraction of sp³-hybridized carbons (Fsp3) is 0.130. The Hall–Kier alpha value is -3.60. The SMILES string of the molecule is CCOc1cccc(C(=O)NC(c2ccccc2)c2ccc3nc[nH]c3c2)c1. The molecular formula is C23H21N3O2. The van der Waals surface area contributed by atoms with Crippen LogP contribution in [0.25, 0.3) is 11.0 Å². The van der Waals surface area contributed by atoms with Crippen LogP contribution < -0.4 is 10.1 Å². The van der Waals surface area contributed by atoms with Gasteiger partial charge in [-0.25, -0.2) is 4.98 Å². The number of aromatic amines is 1. The summed E-state index contributed by atoms with van der Waals surface area (Å²) in [5, 5.41) is 3.16. The number of benzene rings is 3. The number of aromatic nitrogens is 2. The van der Waals surface area contributed by atoms with E-state index in [1.807, 2.05) is 67.6 Å². The molecule has 1 atom stereocenters. The second-order valence-electron chi connectivity index (χ2n) is 6.46. The predicted octanol–water partition coefficient (Wildman–Crippen LogP) is 4.48. The molecule has 28 heavy (non-hydrogen) atoms. The third-order valence-electron chi connectivity index (χ3n) is 4.59. The van der Waals surface area contributed by atoms with Crippen molar-refractivity contribution in [1.29, 1.82) is 0 Å². The number of carbonyl (C=O) groups excluding carboxylic acids is 1. The van der Waals surface area contributed by atoms with E-state index in [0.717, 1.165) is 22.2 Å². The van der Waals surface area contributed by atoms with Gasteiger partial charge in [-0.2, -0.15) is 0 Å². The third kappa shape index (κ3) is 3.74. The number of hydrogen-bond acceptors (Lipinski definition) is 3. The van der Waals surface area contributed by atoms with Crippen LogP contribution in [0.3, 0.4) is 0 Å². The van der Waals surface area contributed by atoms with Crippen molar-refractivity contribution in [3.8, 4) is 5.75 Å². The van der Waals surface area contributed by atoms with E-state index in [4.69, 9.17) is 4.74 Å². The molecule has 4 rings (SSSR count). The Morgan fingerprint density at radius 2 is 1.89 bits per heavy atom. The summed E-state index contributed by atoms with van der Waals surface area (Å²) >= 11 is 0. The highest BCUT2D eigenvalue weighted by Gasteiger charge is 2.19. The monoisotopic (exact) mass is 371 g/mol. The molecule has 5 heteroatoms. The summed E-state index contributed by atoms with van der Waals surface area (Å²) < 4.78 is 5.52. The number of carbonyl (C=O) groups is 1. The molecule has 0 aliphatic carbocycles. The lowest BCUT2D eigenvalue weighted by atomic mass is 9.97. The fourth-order valence-corrected chi connectivity index (χ4v) is 3.25. The van der Waals surface area contributed by atoms with Crippen LogP contribution in [-0.4, -0.2) is 22.5 Å². The van der Waals surface area contributed by atoms with E-state index in [9.17, 15) is 4.79 Å². The lowest BCUT2D eigenvalue weighted by Crippen LogP contribution is -2.29. The number of nitrogens with zero attached hydrogens (tertiary/aromatic N) is 1. The Labute approximate surface area is 163 Å². The molecule has 3 aromatic carbocycles. The van der Waals surface area contributed by atoms with Gasteiger partial charge >= 0.3 is 0 Å². The van der Waals surface area contributed by atoms with Crippen LogP contribution >= 0.6 is 0 Å². The van der Waals surface area contributed by atoms with Gasteiger partial charge in [0, 0.05) is 5.56 Å². The van der Waals surface area contributed by atoms with E-state index in [-0.39, 0.29) is 11.9 Å². The molecule has 0 spiro atoms. The van der Waals surface area contributed by atoms with Crippen molar-refractivity contribution in [1.82, 2.24) is 15.3 Å². The molecule has 4 aromatic rings. The first-order valence-corrected chi connectivity index (χ1v) is 9.26. The maximum atomic E-state index is 13.0. The summed E-state index contributed by atoms with van der Waals surface area (Å²) in [5.41, 5.74) is 4.39. The van der Waals surface area contributed by atoms with Crippen molar-refractivity contribution in [3.63, 3.8) is 0 Å². The van der Waals surface area contributed by atoms with Gasteiger partial charge in [-0.15, -0.1) is 0 Å². The topological polar surface area (TPSA) is 67.0 Å². The first kappa shape index (κ1) is 17.8. The van der Waals surface area contributed by atoms with E-state index in [2.05, 4.69) is 15.3 Å². The number of fused-ring (bicyclic) bond motifs is 1. The molecule has 1 aromatic heterocycles. The van der Waals surface area contributed by atoms with Crippen molar-refractivity contribution in [2.24, 2.45) is 0 Å². The van der Waals surface area contributed by atoms with Crippen LogP contribution in [0.2, 0.25) is 0 Å². The first-order chi connectivity index (χ1) is 13.7. The summed E-state index contributed by atoms with van der Waals surface area (Å²) in [6.45, 7) is 2.48. The highest BCUT2D eigenvalue weighted by atomic mass is 16.5. The number of H-pyrrole nitrogens is 1. The number of hydrogen-bond donors (Lipinski definition) is 2. The molecule has 0 aliphatic rings. The van der Waals surface area contributed by atoms with Crippen LogP contribution in [0.4, 0.5) is 0 Å². The summed E-state index contributed by atoms with van der Waals surface area (Å²) in [6, 6.07) is 22.9. The highest BCUT2D eigenvalue weighted by molar-refractivity contribution is 5.95. The Kier molecular flexibility index (Phi) is 5.06. The highest BCUT2D eigenvalue weighted by Crippen LogP contribution is 2.25. The van der Waals surface area contributed by atoms with Gasteiger partial charge in [0.2, 0.25) is 0 Å². The molecule has 5 nitrogen and oxygen atoms in total. The van der Waals surface area contributed by atoms with Crippen LogP contribution in [-0.2, 0) is 0 Å². The zero-order valence-corrected chi connectivity index (χ0v) is 15.6. The van der Waals surface area contributed by atoms with E-state index >= 15 is 0 Å². The van der Waals surface area contributed by atoms with Crippen molar-refractivity contribution >= 4 is 16.9 Å². The Morgan fingerprint density at radius 1 is 1.04 bits per heavy atom. The molecule has 0 saturated carbocycles. The Balaban J connectivity index is 1.68. The first-order valence-electron chi connectivity index (χ1n) is 9.26. The predicted molar refractivity (Wildman–Crippen MR) is 109 cm³/mol. The lowest BCUT2D eigenvalue weighted by molar-refractivity contribution is 0.0942. The number of rotatable bonds is 6. The van der Waals surface area contributed by atoms with Gasteiger partial charge in [0.15, 0.2) is 0 Å². The number of amides is 1. The normalized spacial score (nSPS) is 11.9. The van der Waals surface area contributed by atoms with Gasteiger partial charge < -0.3 is 15.0 Å². The molecule has 1 unspecified atom stereocenters. The van der Waals surface area contributed by atoms with Crippen LogP contribution in [0.1, 0.15) is 34.5 Å². The number of imidazole rings is 1. The zero-order chi connectivity index (χ0) is 19.3. The minimum absolute atomic E-state index is 0.153. The van der Waals surface area contributed by atoms with E-state index in [1.54, 1.807) is 18.5 Å². The van der Waals surface area contributed by atoms with Crippen molar-refractivity contribution in [3.05, 3.63) is 95.8 Å². The standard InChI is InChI=1S/C23H21N3O2/c1-2-28-19-10-6-9-18(13-19)23(27)26-22(16-7-4-3-5-8-16)17-11-12-20-21(14-17)25-15-24-20/h3-15,22H,2H2,1H3,(H,24,25)(H,26,27). The average Bonchev–Trinajstić information content (AvgIpc) is 3.21. The molecule has 0 saturated heterocycles. The second-order valence-corrected chi connectivity index (χ2v) is 6.46. The maximum absolute atomic E-state index is 13.0. The molecule has 1 amide bonds. The smallest absolute Gasteiger partial charge is 0.252 e. The lowest BCUT2D eigenvalue weighted by Gasteiger charge is -2.20.